The second-order valence-corrected chi connectivity index (χ2v) is 5.98. The molecule has 120 valence electrons. The topological polar surface area (TPSA) is 66.0 Å². The van der Waals surface area contributed by atoms with E-state index in [1.807, 2.05) is 55.5 Å². The van der Waals surface area contributed by atoms with Crippen LogP contribution in [0.4, 0.5) is 0 Å². The van der Waals surface area contributed by atoms with Gasteiger partial charge >= 0.3 is 0 Å². The molecule has 0 atom stereocenters. The Morgan fingerprint density at radius 3 is 2.46 bits per heavy atom. The first kappa shape index (κ1) is 17.8. The van der Waals surface area contributed by atoms with Gasteiger partial charge in [-0.25, -0.2) is 0 Å². The van der Waals surface area contributed by atoms with Crippen molar-refractivity contribution in [2.75, 3.05) is 6.61 Å². The zero-order valence-corrected chi connectivity index (χ0v) is 15.3. The first-order valence-electron chi connectivity index (χ1n) is 7.33. The molecule has 0 spiro atoms. The van der Waals surface area contributed by atoms with E-state index in [0.29, 0.717) is 24.7 Å². The molecule has 4 nitrogen and oxygen atoms in total. The molecule has 0 fully saturated rings. The fourth-order valence-corrected chi connectivity index (χ4v) is 2.84. The molecule has 2 aromatic carbocycles. The Balaban J connectivity index is 2.32. The van der Waals surface area contributed by atoms with Crippen LogP contribution in [-0.2, 0) is 6.61 Å². The molecular weight excluding hydrogens is 415 g/mol. The second kappa shape index (κ2) is 8.95. The first-order valence-corrected chi connectivity index (χ1v) is 8.40. The molecule has 0 aliphatic rings. The van der Waals surface area contributed by atoms with Crippen LogP contribution in [0.1, 0.15) is 18.1 Å². The van der Waals surface area contributed by atoms with Crippen LogP contribution in [0.2, 0.25) is 0 Å². The normalized spacial score (nSPS) is 9.50. The number of benzene rings is 2. The molecule has 5 heteroatoms. The zero-order valence-electron chi connectivity index (χ0n) is 13.1. The van der Waals surface area contributed by atoms with Gasteiger partial charge < -0.3 is 9.47 Å². The zero-order chi connectivity index (χ0) is 17.4. The van der Waals surface area contributed by atoms with Crippen molar-refractivity contribution in [2.24, 2.45) is 0 Å². The van der Waals surface area contributed by atoms with Crippen molar-refractivity contribution in [1.82, 2.24) is 0 Å². The average Bonchev–Trinajstić information content (AvgIpc) is 2.60. The molecule has 2 rings (SSSR count). The van der Waals surface area contributed by atoms with Crippen LogP contribution in [0.5, 0.6) is 11.5 Å². The highest BCUT2D eigenvalue weighted by atomic mass is 127. The lowest BCUT2D eigenvalue weighted by atomic mass is 10.1. The summed E-state index contributed by atoms with van der Waals surface area (Å²) >= 11 is 2.16. The summed E-state index contributed by atoms with van der Waals surface area (Å²) in [5.41, 5.74) is 1.84. The maximum atomic E-state index is 8.90. The summed E-state index contributed by atoms with van der Waals surface area (Å²) in [5, 5.41) is 17.8. The summed E-state index contributed by atoms with van der Waals surface area (Å²) in [6, 6.07) is 17.2. The van der Waals surface area contributed by atoms with Gasteiger partial charge in [-0.05, 0) is 58.9 Å². The van der Waals surface area contributed by atoms with Crippen LogP contribution in [0.15, 0.2) is 48.0 Å². The van der Waals surface area contributed by atoms with Crippen molar-refractivity contribution in [3.8, 4) is 23.6 Å². The lowest BCUT2D eigenvalue weighted by Gasteiger charge is -2.15. The minimum Gasteiger partial charge on any atom is -0.490 e. The van der Waals surface area contributed by atoms with E-state index >= 15 is 0 Å². The molecule has 2 aromatic rings. The highest BCUT2D eigenvalue weighted by Crippen LogP contribution is 2.35. The molecule has 0 N–H and O–H groups in total. The summed E-state index contributed by atoms with van der Waals surface area (Å²) < 4.78 is 12.5. The Bertz CT molecular complexity index is 802. The molecule has 0 saturated heterocycles. The second-order valence-electron chi connectivity index (χ2n) is 4.82. The smallest absolute Gasteiger partial charge is 0.175 e. The molecule has 0 radical (unpaired) electrons. The van der Waals surface area contributed by atoms with E-state index in [1.165, 1.54) is 6.08 Å². The van der Waals surface area contributed by atoms with E-state index in [9.17, 15) is 0 Å². The van der Waals surface area contributed by atoms with E-state index in [-0.39, 0.29) is 5.57 Å². The van der Waals surface area contributed by atoms with Gasteiger partial charge in [0.25, 0.3) is 0 Å². The molecule has 0 saturated carbocycles. The minimum absolute atomic E-state index is 0.0474. The SMILES string of the molecule is CCOc1cc(C=C(C#N)C#N)cc(I)c1OCc1ccccc1. The van der Waals surface area contributed by atoms with Gasteiger partial charge in [-0.1, -0.05) is 30.3 Å². The monoisotopic (exact) mass is 430 g/mol. The maximum Gasteiger partial charge on any atom is 0.175 e. The Kier molecular flexibility index (Phi) is 6.65. The lowest BCUT2D eigenvalue weighted by Crippen LogP contribution is -2.02. The fourth-order valence-electron chi connectivity index (χ4n) is 2.06. The van der Waals surface area contributed by atoms with Gasteiger partial charge in [-0.15, -0.1) is 0 Å². The Labute approximate surface area is 155 Å². The van der Waals surface area contributed by atoms with Crippen molar-refractivity contribution in [3.63, 3.8) is 0 Å². The molecule has 0 aromatic heterocycles. The molecule has 24 heavy (non-hydrogen) atoms. The summed E-state index contributed by atoms with van der Waals surface area (Å²) in [5.74, 6) is 1.26. The van der Waals surface area contributed by atoms with E-state index < -0.39 is 0 Å². The Morgan fingerprint density at radius 1 is 1.12 bits per heavy atom. The van der Waals surface area contributed by atoms with Crippen LogP contribution >= 0.6 is 22.6 Å². The molecule has 0 bridgehead atoms. The van der Waals surface area contributed by atoms with Crippen molar-refractivity contribution in [1.29, 1.82) is 10.5 Å². The average molecular weight is 430 g/mol. The number of hydrogen-bond acceptors (Lipinski definition) is 4. The number of halogens is 1. The summed E-state index contributed by atoms with van der Waals surface area (Å²) in [6.07, 6.45) is 1.53. The minimum atomic E-state index is 0.0474. The maximum absolute atomic E-state index is 8.90. The quantitative estimate of drug-likeness (QED) is 0.492. The van der Waals surface area contributed by atoms with Crippen molar-refractivity contribution in [2.45, 2.75) is 13.5 Å². The third-order valence-corrected chi connectivity index (χ3v) is 3.91. The first-order chi connectivity index (χ1) is 11.7. The van der Waals surface area contributed by atoms with Crippen molar-refractivity contribution in [3.05, 3.63) is 62.7 Å². The lowest BCUT2D eigenvalue weighted by molar-refractivity contribution is 0.267. The molecule has 0 aliphatic carbocycles. The number of rotatable bonds is 6. The number of nitrogens with zero attached hydrogens (tertiary/aromatic N) is 2. The third kappa shape index (κ3) is 4.74. The standard InChI is InChI=1S/C19H15IN2O2/c1-2-23-18-10-15(8-16(11-21)12-22)9-17(20)19(18)24-13-14-6-4-3-5-7-14/h3-10H,2,13H2,1H3. The molecule has 0 aliphatic heterocycles. The largest absolute Gasteiger partial charge is 0.490 e. The molecule has 0 heterocycles. The number of nitriles is 2. The number of ether oxygens (including phenoxy) is 2. The van der Waals surface area contributed by atoms with E-state index in [2.05, 4.69) is 22.6 Å². The predicted molar refractivity (Wildman–Crippen MR) is 100 cm³/mol. The fraction of sp³-hybridized carbons (Fsp3) is 0.158. The predicted octanol–water partition coefficient (Wildman–Crippen LogP) is 4.70. The number of hydrogen-bond donors (Lipinski definition) is 0. The van der Waals surface area contributed by atoms with Crippen molar-refractivity contribution >= 4 is 28.7 Å². The third-order valence-electron chi connectivity index (χ3n) is 3.11. The van der Waals surface area contributed by atoms with Gasteiger partial charge in [0, 0.05) is 0 Å². The molecule has 0 amide bonds. The van der Waals surface area contributed by atoms with Gasteiger partial charge in [0.1, 0.15) is 24.3 Å². The van der Waals surface area contributed by atoms with Gasteiger partial charge in [0.15, 0.2) is 11.5 Å². The van der Waals surface area contributed by atoms with E-state index in [1.54, 1.807) is 6.07 Å². The Hall–Kier alpha value is -2.51. The van der Waals surface area contributed by atoms with Crippen LogP contribution in [-0.4, -0.2) is 6.61 Å². The van der Waals surface area contributed by atoms with Crippen molar-refractivity contribution < 1.29 is 9.47 Å². The van der Waals surface area contributed by atoms with Gasteiger partial charge in [-0.3, -0.25) is 0 Å². The highest BCUT2D eigenvalue weighted by molar-refractivity contribution is 14.1. The molecule has 0 unspecified atom stereocenters. The highest BCUT2D eigenvalue weighted by Gasteiger charge is 2.12. The Morgan fingerprint density at radius 2 is 1.83 bits per heavy atom. The van der Waals surface area contributed by atoms with Crippen LogP contribution in [0.25, 0.3) is 6.08 Å². The van der Waals surface area contributed by atoms with Gasteiger partial charge in [0.2, 0.25) is 0 Å². The summed E-state index contributed by atoms with van der Waals surface area (Å²) in [4.78, 5) is 0. The van der Waals surface area contributed by atoms with Gasteiger partial charge in [-0.2, -0.15) is 10.5 Å². The van der Waals surface area contributed by atoms with E-state index in [0.717, 1.165) is 14.7 Å². The summed E-state index contributed by atoms with van der Waals surface area (Å²) in [6.45, 7) is 2.83. The summed E-state index contributed by atoms with van der Waals surface area (Å²) in [7, 11) is 0. The van der Waals surface area contributed by atoms with Crippen LogP contribution in [0.3, 0.4) is 0 Å². The van der Waals surface area contributed by atoms with Crippen LogP contribution in [0, 0.1) is 26.2 Å². The van der Waals surface area contributed by atoms with Crippen LogP contribution < -0.4 is 9.47 Å². The number of allylic oxidation sites excluding steroid dienone is 1. The molecular formula is C19H15IN2O2. The van der Waals surface area contributed by atoms with E-state index in [4.69, 9.17) is 20.0 Å². The van der Waals surface area contributed by atoms with Gasteiger partial charge in [0.05, 0.1) is 10.2 Å².